The minimum absolute atomic E-state index is 0.576. The molecule has 3 nitrogen and oxygen atoms in total. The molecule has 1 N–H and O–H groups in total. The molecular weight excluding hydrogens is 258 g/mol. The fourth-order valence-corrected chi connectivity index (χ4v) is 2.94. The summed E-state index contributed by atoms with van der Waals surface area (Å²) in [5, 5.41) is 4.42. The SMILES string of the molecule is CCC1CN(Cc2ccncc2Cl)C(C(C)C)CN1. The first-order valence-electron chi connectivity index (χ1n) is 7.17. The first kappa shape index (κ1) is 14.8. The van der Waals surface area contributed by atoms with Gasteiger partial charge in [0.2, 0.25) is 0 Å². The van der Waals surface area contributed by atoms with E-state index in [1.54, 1.807) is 6.20 Å². The molecule has 2 rings (SSSR count). The second kappa shape index (κ2) is 6.69. The fraction of sp³-hybridized carbons (Fsp3) is 0.667. The summed E-state index contributed by atoms with van der Waals surface area (Å²) in [6.45, 7) is 9.91. The van der Waals surface area contributed by atoms with E-state index in [-0.39, 0.29) is 0 Å². The normalized spacial score (nSPS) is 24.9. The number of aromatic nitrogens is 1. The van der Waals surface area contributed by atoms with Crippen LogP contribution in [0.1, 0.15) is 32.8 Å². The van der Waals surface area contributed by atoms with Crippen LogP contribution in [0.3, 0.4) is 0 Å². The number of hydrogen-bond donors (Lipinski definition) is 1. The minimum atomic E-state index is 0.576. The summed E-state index contributed by atoms with van der Waals surface area (Å²) >= 11 is 6.24. The lowest BCUT2D eigenvalue weighted by molar-refractivity contribution is 0.0900. The highest BCUT2D eigenvalue weighted by atomic mass is 35.5. The summed E-state index contributed by atoms with van der Waals surface area (Å²) in [5.41, 5.74) is 1.18. The molecule has 19 heavy (non-hydrogen) atoms. The van der Waals surface area contributed by atoms with Crippen molar-refractivity contribution in [2.45, 2.75) is 45.8 Å². The number of piperazine rings is 1. The lowest BCUT2D eigenvalue weighted by Gasteiger charge is -2.42. The van der Waals surface area contributed by atoms with Gasteiger partial charge in [0.25, 0.3) is 0 Å². The van der Waals surface area contributed by atoms with Crippen molar-refractivity contribution in [2.24, 2.45) is 5.92 Å². The highest BCUT2D eigenvalue weighted by Crippen LogP contribution is 2.22. The number of hydrogen-bond acceptors (Lipinski definition) is 3. The van der Waals surface area contributed by atoms with Gasteiger partial charge in [-0.05, 0) is 24.0 Å². The Balaban J connectivity index is 2.11. The van der Waals surface area contributed by atoms with E-state index in [2.05, 4.69) is 36.0 Å². The Morgan fingerprint density at radius 2 is 2.32 bits per heavy atom. The summed E-state index contributed by atoms with van der Waals surface area (Å²) in [5.74, 6) is 0.644. The molecule has 0 aromatic carbocycles. The van der Waals surface area contributed by atoms with E-state index in [0.717, 1.165) is 24.7 Å². The zero-order chi connectivity index (χ0) is 13.8. The van der Waals surface area contributed by atoms with Crippen molar-refractivity contribution in [1.29, 1.82) is 0 Å². The number of rotatable bonds is 4. The number of pyridine rings is 1. The number of nitrogens with zero attached hydrogens (tertiary/aromatic N) is 2. The minimum Gasteiger partial charge on any atom is -0.311 e. The fourth-order valence-electron chi connectivity index (χ4n) is 2.76. The molecule has 0 saturated carbocycles. The lowest BCUT2D eigenvalue weighted by atomic mass is 9.97. The molecule has 1 aromatic heterocycles. The molecular formula is C15H24ClN3. The van der Waals surface area contributed by atoms with Crippen molar-refractivity contribution in [3.05, 3.63) is 29.0 Å². The van der Waals surface area contributed by atoms with Gasteiger partial charge in [-0.2, -0.15) is 0 Å². The van der Waals surface area contributed by atoms with Gasteiger partial charge >= 0.3 is 0 Å². The maximum atomic E-state index is 6.24. The van der Waals surface area contributed by atoms with Crippen LogP contribution in [0.4, 0.5) is 0 Å². The largest absolute Gasteiger partial charge is 0.311 e. The molecule has 2 unspecified atom stereocenters. The van der Waals surface area contributed by atoms with Crippen molar-refractivity contribution in [2.75, 3.05) is 13.1 Å². The molecule has 1 aliphatic heterocycles. The Labute approximate surface area is 121 Å². The smallest absolute Gasteiger partial charge is 0.0634 e. The zero-order valence-electron chi connectivity index (χ0n) is 12.1. The van der Waals surface area contributed by atoms with Crippen molar-refractivity contribution < 1.29 is 0 Å². The van der Waals surface area contributed by atoms with E-state index in [1.165, 1.54) is 12.0 Å². The average Bonchev–Trinajstić information content (AvgIpc) is 2.41. The van der Waals surface area contributed by atoms with Gasteiger partial charge in [0.15, 0.2) is 0 Å². The lowest BCUT2D eigenvalue weighted by Crippen LogP contribution is -2.57. The van der Waals surface area contributed by atoms with E-state index in [1.807, 2.05) is 12.3 Å². The predicted molar refractivity (Wildman–Crippen MR) is 80.4 cm³/mol. The Kier molecular flexibility index (Phi) is 5.20. The quantitative estimate of drug-likeness (QED) is 0.920. The molecule has 1 fully saturated rings. The van der Waals surface area contributed by atoms with Gasteiger partial charge in [-0.25, -0.2) is 0 Å². The van der Waals surface area contributed by atoms with Crippen LogP contribution in [0.2, 0.25) is 5.02 Å². The van der Waals surface area contributed by atoms with Gasteiger partial charge < -0.3 is 5.32 Å². The van der Waals surface area contributed by atoms with Gasteiger partial charge in [-0.3, -0.25) is 9.88 Å². The molecule has 4 heteroatoms. The third kappa shape index (κ3) is 3.68. The van der Waals surface area contributed by atoms with Gasteiger partial charge in [0.1, 0.15) is 0 Å². The van der Waals surface area contributed by atoms with Gasteiger partial charge in [0.05, 0.1) is 5.02 Å². The van der Waals surface area contributed by atoms with Crippen molar-refractivity contribution in [1.82, 2.24) is 15.2 Å². The van der Waals surface area contributed by atoms with Crippen molar-refractivity contribution in [3.63, 3.8) is 0 Å². The maximum Gasteiger partial charge on any atom is 0.0634 e. The van der Waals surface area contributed by atoms with Crippen molar-refractivity contribution >= 4 is 11.6 Å². The van der Waals surface area contributed by atoms with Crippen LogP contribution < -0.4 is 5.32 Å². The Hall–Kier alpha value is -0.640. The van der Waals surface area contributed by atoms with Gasteiger partial charge in [-0.15, -0.1) is 0 Å². The zero-order valence-corrected chi connectivity index (χ0v) is 12.8. The molecule has 1 saturated heterocycles. The molecule has 1 aliphatic rings. The maximum absolute atomic E-state index is 6.24. The van der Waals surface area contributed by atoms with E-state index < -0.39 is 0 Å². The Bertz CT molecular complexity index is 408. The molecule has 2 heterocycles. The van der Waals surface area contributed by atoms with Crippen LogP contribution in [0, 0.1) is 5.92 Å². The highest BCUT2D eigenvalue weighted by Gasteiger charge is 2.29. The van der Waals surface area contributed by atoms with Crippen LogP contribution in [-0.2, 0) is 6.54 Å². The highest BCUT2D eigenvalue weighted by molar-refractivity contribution is 6.31. The Morgan fingerprint density at radius 3 is 2.95 bits per heavy atom. The summed E-state index contributed by atoms with van der Waals surface area (Å²) in [6.07, 6.45) is 4.73. The topological polar surface area (TPSA) is 28.2 Å². The standard InChI is InChI=1S/C15H24ClN3/c1-4-13-10-19(15(8-18-13)11(2)3)9-12-5-6-17-7-14(12)16/h5-7,11,13,15,18H,4,8-10H2,1-3H3. The third-order valence-corrected chi connectivity index (χ3v) is 4.37. The van der Waals surface area contributed by atoms with Crippen LogP contribution in [-0.4, -0.2) is 35.1 Å². The van der Waals surface area contributed by atoms with Crippen LogP contribution >= 0.6 is 11.6 Å². The summed E-state index contributed by atoms with van der Waals surface area (Å²) in [4.78, 5) is 6.63. The van der Waals surface area contributed by atoms with Crippen molar-refractivity contribution in [3.8, 4) is 0 Å². The van der Waals surface area contributed by atoms with E-state index in [9.17, 15) is 0 Å². The van der Waals surface area contributed by atoms with Crippen LogP contribution in [0.25, 0.3) is 0 Å². The average molecular weight is 282 g/mol. The molecule has 2 atom stereocenters. The second-order valence-corrected chi connectivity index (χ2v) is 6.13. The molecule has 0 spiro atoms. The second-order valence-electron chi connectivity index (χ2n) is 5.72. The molecule has 0 amide bonds. The molecule has 0 bridgehead atoms. The van der Waals surface area contributed by atoms with Crippen LogP contribution in [0.15, 0.2) is 18.5 Å². The van der Waals surface area contributed by atoms with E-state index in [0.29, 0.717) is 18.0 Å². The van der Waals surface area contributed by atoms with Gasteiger partial charge in [-0.1, -0.05) is 32.4 Å². The molecule has 0 radical (unpaired) electrons. The summed E-state index contributed by atoms with van der Waals surface area (Å²) < 4.78 is 0. The predicted octanol–water partition coefficient (Wildman–Crippen LogP) is 2.94. The Morgan fingerprint density at radius 1 is 1.53 bits per heavy atom. The van der Waals surface area contributed by atoms with E-state index >= 15 is 0 Å². The number of halogens is 1. The molecule has 106 valence electrons. The van der Waals surface area contributed by atoms with Gasteiger partial charge in [0, 0.05) is 44.1 Å². The van der Waals surface area contributed by atoms with E-state index in [4.69, 9.17) is 11.6 Å². The van der Waals surface area contributed by atoms with Crippen LogP contribution in [0.5, 0.6) is 0 Å². The number of nitrogens with one attached hydrogen (secondary N) is 1. The first-order chi connectivity index (χ1) is 9.11. The third-order valence-electron chi connectivity index (χ3n) is 4.03. The monoisotopic (exact) mass is 281 g/mol. The summed E-state index contributed by atoms with van der Waals surface area (Å²) in [7, 11) is 0. The summed E-state index contributed by atoms with van der Waals surface area (Å²) in [6, 6.07) is 3.20. The molecule has 1 aromatic rings. The first-order valence-corrected chi connectivity index (χ1v) is 7.55. The molecule has 0 aliphatic carbocycles.